The van der Waals surface area contributed by atoms with Gasteiger partial charge < -0.3 is 9.67 Å². The molecular weight excluding hydrogens is 350 g/mol. The standard InChI is InChI=1S/C21H14ClNO3/c22-16-11-10-15-20(19(16)13-6-2-1-3-7-13)23(12-18(24)25)17-9-5-4-8-14(17)21(15)26/h1-11H,12H2,(H,24,25). The summed E-state index contributed by atoms with van der Waals surface area (Å²) in [5, 5.41) is 10.9. The number of aromatic nitrogens is 1. The van der Waals surface area contributed by atoms with E-state index < -0.39 is 5.97 Å². The maximum atomic E-state index is 13.0. The van der Waals surface area contributed by atoms with Crippen molar-refractivity contribution in [2.75, 3.05) is 0 Å². The monoisotopic (exact) mass is 363 g/mol. The smallest absolute Gasteiger partial charge is 0.323 e. The van der Waals surface area contributed by atoms with Gasteiger partial charge in [-0.2, -0.15) is 0 Å². The number of carboxylic acids is 1. The van der Waals surface area contributed by atoms with E-state index in [4.69, 9.17) is 11.6 Å². The van der Waals surface area contributed by atoms with E-state index in [0.29, 0.717) is 32.4 Å². The zero-order chi connectivity index (χ0) is 18.3. The summed E-state index contributed by atoms with van der Waals surface area (Å²) in [6.07, 6.45) is 0. The van der Waals surface area contributed by atoms with E-state index in [2.05, 4.69) is 0 Å². The summed E-state index contributed by atoms with van der Waals surface area (Å²) in [4.78, 5) is 24.6. The van der Waals surface area contributed by atoms with Crippen LogP contribution in [0.3, 0.4) is 0 Å². The van der Waals surface area contributed by atoms with Crippen LogP contribution in [0.25, 0.3) is 32.9 Å². The van der Waals surface area contributed by atoms with Gasteiger partial charge in [0, 0.05) is 16.3 Å². The summed E-state index contributed by atoms with van der Waals surface area (Å²) in [6.45, 7) is -0.266. The molecule has 0 radical (unpaired) electrons. The number of aliphatic carboxylic acids is 1. The molecule has 128 valence electrons. The second kappa shape index (κ2) is 6.32. The number of carbonyl (C=O) groups is 1. The molecule has 0 atom stereocenters. The number of para-hydroxylation sites is 1. The van der Waals surface area contributed by atoms with Crippen molar-refractivity contribution in [3.05, 3.63) is 82.0 Å². The topological polar surface area (TPSA) is 59.3 Å². The predicted octanol–water partition coefficient (Wildman–Crippen LogP) is 4.56. The van der Waals surface area contributed by atoms with Gasteiger partial charge in [-0.15, -0.1) is 0 Å². The van der Waals surface area contributed by atoms with Crippen LogP contribution in [-0.2, 0) is 11.3 Å². The Bertz CT molecular complexity index is 1210. The van der Waals surface area contributed by atoms with Crippen molar-refractivity contribution in [2.45, 2.75) is 6.54 Å². The Labute approximate surface area is 153 Å². The second-order valence-electron chi connectivity index (χ2n) is 6.01. The van der Waals surface area contributed by atoms with Crippen LogP contribution in [0.1, 0.15) is 0 Å². The van der Waals surface area contributed by atoms with E-state index in [1.807, 2.05) is 30.3 Å². The molecule has 0 aliphatic heterocycles. The number of hydrogen-bond acceptors (Lipinski definition) is 2. The van der Waals surface area contributed by atoms with Gasteiger partial charge in [-0.3, -0.25) is 9.59 Å². The molecule has 0 unspecified atom stereocenters. The Morgan fingerprint density at radius 2 is 1.62 bits per heavy atom. The summed E-state index contributed by atoms with van der Waals surface area (Å²) < 4.78 is 1.66. The molecular formula is C21H14ClNO3. The molecule has 0 spiro atoms. The molecule has 0 fully saturated rings. The van der Waals surface area contributed by atoms with Gasteiger partial charge in [-0.1, -0.05) is 54.1 Å². The second-order valence-corrected chi connectivity index (χ2v) is 6.42. The van der Waals surface area contributed by atoms with Gasteiger partial charge in [-0.05, 0) is 29.8 Å². The summed E-state index contributed by atoms with van der Waals surface area (Å²) >= 11 is 6.49. The third-order valence-electron chi connectivity index (χ3n) is 4.44. The minimum Gasteiger partial charge on any atom is -0.480 e. The molecule has 4 rings (SSSR count). The Balaban J connectivity index is 2.28. The fourth-order valence-corrected chi connectivity index (χ4v) is 3.64. The highest BCUT2D eigenvalue weighted by atomic mass is 35.5. The highest BCUT2D eigenvalue weighted by Crippen LogP contribution is 2.35. The Hall–Kier alpha value is -3.11. The molecule has 0 amide bonds. The number of rotatable bonds is 3. The van der Waals surface area contributed by atoms with Gasteiger partial charge in [-0.25, -0.2) is 0 Å². The normalized spacial score (nSPS) is 11.1. The summed E-state index contributed by atoms with van der Waals surface area (Å²) in [5.41, 5.74) is 2.47. The average Bonchev–Trinajstić information content (AvgIpc) is 2.65. The van der Waals surface area contributed by atoms with Crippen molar-refractivity contribution in [3.63, 3.8) is 0 Å². The molecule has 0 aliphatic carbocycles. The molecule has 1 N–H and O–H groups in total. The van der Waals surface area contributed by atoms with E-state index in [-0.39, 0.29) is 12.0 Å². The fourth-order valence-electron chi connectivity index (χ4n) is 3.38. The predicted molar refractivity (Wildman–Crippen MR) is 104 cm³/mol. The van der Waals surface area contributed by atoms with Gasteiger partial charge in [0.15, 0.2) is 5.43 Å². The van der Waals surface area contributed by atoms with Crippen LogP contribution in [0.4, 0.5) is 0 Å². The zero-order valence-corrected chi connectivity index (χ0v) is 14.4. The molecule has 1 aromatic heterocycles. The third kappa shape index (κ3) is 2.55. The van der Waals surface area contributed by atoms with Crippen molar-refractivity contribution >= 4 is 39.4 Å². The number of hydrogen-bond donors (Lipinski definition) is 1. The largest absolute Gasteiger partial charge is 0.480 e. The number of benzene rings is 3. The Kier molecular flexibility index (Phi) is 3.98. The molecule has 5 heteroatoms. The van der Waals surface area contributed by atoms with Crippen molar-refractivity contribution in [1.29, 1.82) is 0 Å². The molecule has 0 bridgehead atoms. The maximum absolute atomic E-state index is 13.0. The van der Waals surface area contributed by atoms with E-state index in [9.17, 15) is 14.7 Å². The molecule has 26 heavy (non-hydrogen) atoms. The minimum atomic E-state index is -0.987. The summed E-state index contributed by atoms with van der Waals surface area (Å²) in [7, 11) is 0. The van der Waals surface area contributed by atoms with Crippen LogP contribution in [0.15, 0.2) is 71.5 Å². The van der Waals surface area contributed by atoms with Gasteiger partial charge >= 0.3 is 5.97 Å². The Morgan fingerprint density at radius 1 is 0.923 bits per heavy atom. The maximum Gasteiger partial charge on any atom is 0.323 e. The number of pyridine rings is 1. The van der Waals surface area contributed by atoms with Crippen LogP contribution in [-0.4, -0.2) is 15.6 Å². The van der Waals surface area contributed by atoms with E-state index in [0.717, 1.165) is 5.56 Å². The molecule has 3 aromatic carbocycles. The van der Waals surface area contributed by atoms with Gasteiger partial charge in [0.2, 0.25) is 0 Å². The average molecular weight is 364 g/mol. The molecule has 1 heterocycles. The first-order chi connectivity index (χ1) is 12.6. The van der Waals surface area contributed by atoms with Crippen molar-refractivity contribution < 1.29 is 9.90 Å². The fraction of sp³-hybridized carbons (Fsp3) is 0.0476. The number of carboxylic acid groups (broad SMARTS) is 1. The highest BCUT2D eigenvalue weighted by molar-refractivity contribution is 6.35. The van der Waals surface area contributed by atoms with Gasteiger partial charge in [0.1, 0.15) is 6.54 Å². The number of nitrogens with zero attached hydrogens (tertiary/aromatic N) is 1. The lowest BCUT2D eigenvalue weighted by molar-refractivity contribution is -0.137. The van der Waals surface area contributed by atoms with Crippen LogP contribution in [0, 0.1) is 0 Å². The van der Waals surface area contributed by atoms with Crippen LogP contribution < -0.4 is 5.43 Å². The third-order valence-corrected chi connectivity index (χ3v) is 4.75. The zero-order valence-electron chi connectivity index (χ0n) is 13.6. The molecule has 0 aliphatic rings. The number of halogens is 1. The SMILES string of the molecule is O=C(O)Cn1c2ccccc2c(=O)c2ccc(Cl)c(-c3ccccc3)c21. The first-order valence-electron chi connectivity index (χ1n) is 8.09. The van der Waals surface area contributed by atoms with Crippen LogP contribution in [0.5, 0.6) is 0 Å². The van der Waals surface area contributed by atoms with Crippen molar-refractivity contribution in [1.82, 2.24) is 4.57 Å². The molecule has 4 aromatic rings. The number of fused-ring (bicyclic) bond motifs is 2. The van der Waals surface area contributed by atoms with Crippen molar-refractivity contribution in [3.8, 4) is 11.1 Å². The molecule has 0 saturated heterocycles. The molecule has 0 saturated carbocycles. The first-order valence-corrected chi connectivity index (χ1v) is 8.46. The lowest BCUT2D eigenvalue weighted by atomic mass is 9.99. The minimum absolute atomic E-state index is 0.133. The van der Waals surface area contributed by atoms with Gasteiger partial charge in [0.25, 0.3) is 0 Å². The van der Waals surface area contributed by atoms with Crippen molar-refractivity contribution in [2.24, 2.45) is 0 Å². The van der Waals surface area contributed by atoms with Crippen LogP contribution >= 0.6 is 11.6 Å². The Morgan fingerprint density at radius 3 is 2.35 bits per heavy atom. The lowest BCUT2D eigenvalue weighted by Gasteiger charge is -2.17. The first kappa shape index (κ1) is 16.4. The van der Waals surface area contributed by atoms with Gasteiger partial charge in [0.05, 0.1) is 16.1 Å². The molecule has 4 nitrogen and oxygen atoms in total. The van der Waals surface area contributed by atoms with E-state index in [1.54, 1.807) is 41.0 Å². The highest BCUT2D eigenvalue weighted by Gasteiger charge is 2.18. The summed E-state index contributed by atoms with van der Waals surface area (Å²) in [5.74, 6) is -0.987. The lowest BCUT2D eigenvalue weighted by Crippen LogP contribution is -2.16. The quantitative estimate of drug-likeness (QED) is 0.543. The van der Waals surface area contributed by atoms with E-state index in [1.165, 1.54) is 0 Å². The summed E-state index contributed by atoms with van der Waals surface area (Å²) in [6, 6.07) is 19.8. The van der Waals surface area contributed by atoms with E-state index >= 15 is 0 Å². The van der Waals surface area contributed by atoms with Crippen LogP contribution in [0.2, 0.25) is 5.02 Å².